The Morgan fingerprint density at radius 3 is 2.50 bits per heavy atom. The number of nitrogens with one attached hydrogen (secondary N) is 1. The first-order chi connectivity index (χ1) is 9.52. The molecule has 1 aliphatic carbocycles. The van der Waals surface area contributed by atoms with Crippen molar-refractivity contribution in [1.29, 1.82) is 0 Å². The maximum atomic E-state index is 4.76. The van der Waals surface area contributed by atoms with Gasteiger partial charge >= 0.3 is 0 Å². The highest BCUT2D eigenvalue weighted by Gasteiger charge is 2.31. The number of piperidine rings is 1. The lowest BCUT2D eigenvalue weighted by Crippen LogP contribution is -2.43. The lowest BCUT2D eigenvalue weighted by molar-refractivity contribution is 0.189. The Labute approximate surface area is 126 Å². The van der Waals surface area contributed by atoms with Crippen LogP contribution in [0.4, 0.5) is 0 Å². The minimum absolute atomic E-state index is 0.179. The molecule has 1 aromatic rings. The van der Waals surface area contributed by atoms with Crippen LogP contribution in [-0.2, 0) is 12.0 Å². The Morgan fingerprint density at radius 2 is 1.95 bits per heavy atom. The van der Waals surface area contributed by atoms with Gasteiger partial charge in [-0.1, -0.05) is 20.8 Å². The monoisotopic (exact) mass is 293 g/mol. The average molecular weight is 293 g/mol. The van der Waals surface area contributed by atoms with Crippen LogP contribution in [0.1, 0.15) is 57.2 Å². The Balaban J connectivity index is 1.44. The molecular formula is C16H27N3S. The second-order valence-electron chi connectivity index (χ2n) is 7.32. The second-order valence-corrected chi connectivity index (χ2v) is 8.17. The number of nitrogens with zero attached hydrogens (tertiary/aromatic N) is 2. The van der Waals surface area contributed by atoms with E-state index in [9.17, 15) is 0 Å². The molecule has 0 amide bonds. The van der Waals surface area contributed by atoms with Crippen molar-refractivity contribution in [2.75, 3.05) is 13.1 Å². The summed E-state index contributed by atoms with van der Waals surface area (Å²) in [6.07, 6.45) is 5.47. The van der Waals surface area contributed by atoms with Gasteiger partial charge in [-0.15, -0.1) is 11.3 Å². The summed E-state index contributed by atoms with van der Waals surface area (Å²) in [6, 6.07) is 1.62. The molecule has 1 saturated carbocycles. The van der Waals surface area contributed by atoms with Crippen molar-refractivity contribution in [1.82, 2.24) is 15.2 Å². The molecule has 1 aliphatic heterocycles. The predicted molar refractivity (Wildman–Crippen MR) is 85.3 cm³/mol. The van der Waals surface area contributed by atoms with Gasteiger partial charge in [0, 0.05) is 29.4 Å². The molecule has 2 fully saturated rings. The highest BCUT2D eigenvalue weighted by molar-refractivity contribution is 7.09. The molecule has 20 heavy (non-hydrogen) atoms. The van der Waals surface area contributed by atoms with E-state index in [1.807, 2.05) is 0 Å². The van der Waals surface area contributed by atoms with Gasteiger partial charge in [-0.3, -0.25) is 0 Å². The highest BCUT2D eigenvalue weighted by atomic mass is 32.1. The van der Waals surface area contributed by atoms with E-state index >= 15 is 0 Å². The molecule has 0 aromatic carbocycles. The summed E-state index contributed by atoms with van der Waals surface area (Å²) in [7, 11) is 0. The van der Waals surface area contributed by atoms with Gasteiger partial charge in [-0.2, -0.15) is 0 Å². The van der Waals surface area contributed by atoms with E-state index in [1.54, 1.807) is 11.3 Å². The third-order valence-corrected chi connectivity index (χ3v) is 5.67. The van der Waals surface area contributed by atoms with Gasteiger partial charge in [-0.05, 0) is 38.8 Å². The maximum Gasteiger partial charge on any atom is 0.0982 e. The molecule has 0 spiro atoms. The van der Waals surface area contributed by atoms with E-state index in [4.69, 9.17) is 4.98 Å². The third-order valence-electron chi connectivity index (χ3n) is 4.36. The lowest BCUT2D eigenvalue weighted by Gasteiger charge is -2.32. The first-order valence-electron chi connectivity index (χ1n) is 7.95. The van der Waals surface area contributed by atoms with Crippen molar-refractivity contribution >= 4 is 11.3 Å². The van der Waals surface area contributed by atoms with Gasteiger partial charge in [0.1, 0.15) is 0 Å². The molecule has 0 radical (unpaired) electrons. The topological polar surface area (TPSA) is 28.2 Å². The zero-order valence-electron chi connectivity index (χ0n) is 13.0. The number of hydrogen-bond acceptors (Lipinski definition) is 4. The van der Waals surface area contributed by atoms with Crippen molar-refractivity contribution < 1.29 is 0 Å². The Kier molecular flexibility index (Phi) is 4.16. The van der Waals surface area contributed by atoms with Crippen LogP contribution in [0, 0.1) is 0 Å². The predicted octanol–water partition coefficient (Wildman–Crippen LogP) is 3.16. The molecule has 4 heteroatoms. The molecule has 2 heterocycles. The zero-order chi connectivity index (χ0) is 14.2. The van der Waals surface area contributed by atoms with E-state index in [2.05, 4.69) is 36.4 Å². The van der Waals surface area contributed by atoms with Gasteiger partial charge in [0.25, 0.3) is 0 Å². The summed E-state index contributed by atoms with van der Waals surface area (Å²) < 4.78 is 0. The van der Waals surface area contributed by atoms with Crippen molar-refractivity contribution in [2.45, 2.75) is 70.5 Å². The van der Waals surface area contributed by atoms with E-state index in [-0.39, 0.29) is 5.41 Å². The van der Waals surface area contributed by atoms with Crippen molar-refractivity contribution in [3.8, 4) is 0 Å². The molecule has 1 aromatic heterocycles. The quantitative estimate of drug-likeness (QED) is 0.924. The fourth-order valence-corrected chi connectivity index (χ4v) is 3.80. The van der Waals surface area contributed by atoms with Crippen molar-refractivity contribution in [3.05, 3.63) is 16.1 Å². The van der Waals surface area contributed by atoms with Crippen LogP contribution in [0.3, 0.4) is 0 Å². The number of aromatic nitrogens is 1. The summed E-state index contributed by atoms with van der Waals surface area (Å²) in [4.78, 5) is 7.44. The van der Waals surface area contributed by atoms with Crippen LogP contribution in [0.2, 0.25) is 0 Å². The Morgan fingerprint density at radius 1 is 1.25 bits per heavy atom. The fourth-order valence-electron chi connectivity index (χ4n) is 2.89. The molecule has 3 nitrogen and oxygen atoms in total. The number of rotatable bonds is 4. The first kappa shape index (κ1) is 14.5. The van der Waals surface area contributed by atoms with Crippen molar-refractivity contribution in [2.24, 2.45) is 0 Å². The van der Waals surface area contributed by atoms with Gasteiger partial charge in [0.2, 0.25) is 0 Å². The SMILES string of the molecule is CC(C)(C)c1nc(CNC2CCN(C3CC3)CC2)cs1. The Hall–Kier alpha value is -0.450. The van der Waals surface area contributed by atoms with Crippen LogP contribution in [0.15, 0.2) is 5.38 Å². The van der Waals surface area contributed by atoms with Crippen molar-refractivity contribution in [3.63, 3.8) is 0 Å². The van der Waals surface area contributed by atoms with Gasteiger partial charge in [0.15, 0.2) is 0 Å². The normalized spacial score (nSPS) is 22.4. The maximum absolute atomic E-state index is 4.76. The van der Waals surface area contributed by atoms with E-state index in [1.165, 1.54) is 49.5 Å². The van der Waals surface area contributed by atoms with Gasteiger partial charge in [0.05, 0.1) is 10.7 Å². The van der Waals surface area contributed by atoms with Crippen LogP contribution in [0.5, 0.6) is 0 Å². The van der Waals surface area contributed by atoms with Crippen LogP contribution >= 0.6 is 11.3 Å². The summed E-state index contributed by atoms with van der Waals surface area (Å²) in [5, 5.41) is 7.16. The highest BCUT2D eigenvalue weighted by Crippen LogP contribution is 2.29. The minimum Gasteiger partial charge on any atom is -0.308 e. The smallest absolute Gasteiger partial charge is 0.0982 e. The average Bonchev–Trinajstić information content (AvgIpc) is 3.14. The van der Waals surface area contributed by atoms with E-state index in [0.717, 1.165) is 12.6 Å². The summed E-state index contributed by atoms with van der Waals surface area (Å²) in [5.41, 5.74) is 1.39. The number of hydrogen-bond donors (Lipinski definition) is 1. The van der Waals surface area contributed by atoms with Gasteiger partial charge < -0.3 is 10.2 Å². The molecular weight excluding hydrogens is 266 g/mol. The third kappa shape index (κ3) is 3.60. The molecule has 0 bridgehead atoms. The Bertz CT molecular complexity index is 437. The first-order valence-corrected chi connectivity index (χ1v) is 8.82. The largest absolute Gasteiger partial charge is 0.308 e. The zero-order valence-corrected chi connectivity index (χ0v) is 13.8. The molecule has 2 aliphatic rings. The van der Waals surface area contributed by atoms with Gasteiger partial charge in [-0.25, -0.2) is 4.98 Å². The molecule has 112 valence electrons. The number of likely N-dealkylation sites (tertiary alicyclic amines) is 1. The van der Waals surface area contributed by atoms with E-state index in [0.29, 0.717) is 6.04 Å². The summed E-state index contributed by atoms with van der Waals surface area (Å²) >= 11 is 1.80. The minimum atomic E-state index is 0.179. The molecule has 3 rings (SSSR count). The standard InChI is InChI=1S/C16H27N3S/c1-16(2,3)15-18-13(11-20-15)10-17-12-6-8-19(9-7-12)14-4-5-14/h11-12,14,17H,4-10H2,1-3H3. The molecule has 1 saturated heterocycles. The van der Waals surface area contributed by atoms with E-state index < -0.39 is 0 Å². The summed E-state index contributed by atoms with van der Waals surface area (Å²) in [6.45, 7) is 10.2. The number of thiazole rings is 1. The molecule has 1 N–H and O–H groups in total. The second kappa shape index (κ2) is 5.74. The lowest BCUT2D eigenvalue weighted by atomic mass is 9.98. The molecule has 0 unspecified atom stereocenters. The fraction of sp³-hybridized carbons (Fsp3) is 0.812. The molecule has 0 atom stereocenters. The van der Waals surface area contributed by atoms with Crippen LogP contribution < -0.4 is 5.32 Å². The van der Waals surface area contributed by atoms with Crippen LogP contribution in [-0.4, -0.2) is 35.1 Å². The summed E-state index contributed by atoms with van der Waals surface area (Å²) in [5.74, 6) is 0. The van der Waals surface area contributed by atoms with Crippen LogP contribution in [0.25, 0.3) is 0 Å².